The second kappa shape index (κ2) is 7.41. The van der Waals surface area contributed by atoms with Crippen molar-refractivity contribution in [1.82, 2.24) is 9.88 Å². The molecular weight excluding hydrogens is 356 g/mol. The highest BCUT2D eigenvalue weighted by Crippen LogP contribution is 2.30. The van der Waals surface area contributed by atoms with Crippen LogP contribution in [0.25, 0.3) is 10.9 Å². The number of aromatic nitrogens is 1. The number of ketones is 1. The van der Waals surface area contributed by atoms with Crippen LogP contribution < -0.4 is 0 Å². The zero-order chi connectivity index (χ0) is 19.8. The summed E-state index contributed by atoms with van der Waals surface area (Å²) in [6.07, 6.45) is 3.60. The lowest BCUT2D eigenvalue weighted by atomic mass is 10.0. The van der Waals surface area contributed by atoms with Crippen LogP contribution in [0.15, 0.2) is 24.3 Å². The van der Waals surface area contributed by atoms with Crippen molar-refractivity contribution in [3.05, 3.63) is 35.5 Å². The number of esters is 1. The summed E-state index contributed by atoms with van der Waals surface area (Å²) in [6, 6.07) is 7.85. The topological polar surface area (TPSA) is 79.5 Å². The Labute approximate surface area is 164 Å². The molecule has 6 heteroatoms. The summed E-state index contributed by atoms with van der Waals surface area (Å²) in [5.41, 5.74) is 2.21. The summed E-state index contributed by atoms with van der Waals surface area (Å²) in [4.78, 5) is 42.9. The van der Waals surface area contributed by atoms with Crippen LogP contribution in [0.4, 0.5) is 0 Å². The van der Waals surface area contributed by atoms with Gasteiger partial charge >= 0.3 is 5.97 Å². The molecule has 1 aromatic carbocycles. The maximum atomic E-state index is 13.0. The van der Waals surface area contributed by atoms with E-state index in [2.05, 4.69) is 4.98 Å². The van der Waals surface area contributed by atoms with Gasteiger partial charge in [0, 0.05) is 41.2 Å². The molecular formula is C22H26N2O4. The number of aryl methyl sites for hydroxylation is 1. The Hall–Kier alpha value is -2.63. The van der Waals surface area contributed by atoms with E-state index < -0.39 is 18.0 Å². The number of para-hydroxylation sites is 1. The number of aromatic amines is 1. The molecule has 0 bridgehead atoms. The van der Waals surface area contributed by atoms with Crippen molar-refractivity contribution >= 4 is 28.6 Å². The minimum absolute atomic E-state index is 0.0281. The SMILES string of the molecule is Cc1[nH]c2ccccc2c1C(=O)[C@H](C)OC(=O)[C@H]1CC(=O)N(C2CCCC2)C1. The lowest BCUT2D eigenvalue weighted by Crippen LogP contribution is -2.35. The second-order valence-corrected chi connectivity index (χ2v) is 8.00. The number of nitrogens with zero attached hydrogens (tertiary/aromatic N) is 1. The summed E-state index contributed by atoms with van der Waals surface area (Å²) in [7, 11) is 0. The van der Waals surface area contributed by atoms with Crippen molar-refractivity contribution in [2.45, 2.75) is 58.1 Å². The van der Waals surface area contributed by atoms with Crippen LogP contribution in [0.5, 0.6) is 0 Å². The molecule has 4 rings (SSSR count). The molecule has 148 valence electrons. The molecule has 6 nitrogen and oxygen atoms in total. The first-order valence-electron chi connectivity index (χ1n) is 10.1. The molecule has 1 saturated carbocycles. The minimum atomic E-state index is -0.888. The third kappa shape index (κ3) is 3.32. The van der Waals surface area contributed by atoms with Crippen LogP contribution in [0, 0.1) is 12.8 Å². The number of rotatable bonds is 5. The van der Waals surface area contributed by atoms with Gasteiger partial charge in [0.15, 0.2) is 6.10 Å². The number of likely N-dealkylation sites (tertiary alicyclic amines) is 1. The monoisotopic (exact) mass is 382 g/mol. The molecule has 2 heterocycles. The maximum absolute atomic E-state index is 13.0. The molecule has 1 saturated heterocycles. The summed E-state index contributed by atoms with van der Waals surface area (Å²) in [6.45, 7) is 3.86. The number of carbonyl (C=O) groups excluding carboxylic acids is 3. The summed E-state index contributed by atoms with van der Waals surface area (Å²) >= 11 is 0. The molecule has 1 aliphatic carbocycles. The zero-order valence-corrected chi connectivity index (χ0v) is 16.4. The van der Waals surface area contributed by atoms with E-state index in [0.717, 1.165) is 42.3 Å². The van der Waals surface area contributed by atoms with Crippen molar-refractivity contribution in [3.63, 3.8) is 0 Å². The van der Waals surface area contributed by atoms with Crippen LogP contribution in [0.2, 0.25) is 0 Å². The Morgan fingerprint density at radius 2 is 1.93 bits per heavy atom. The van der Waals surface area contributed by atoms with Crippen molar-refractivity contribution in [2.24, 2.45) is 5.92 Å². The molecule has 2 atom stereocenters. The van der Waals surface area contributed by atoms with Gasteiger partial charge in [-0.05, 0) is 32.8 Å². The van der Waals surface area contributed by atoms with E-state index in [9.17, 15) is 14.4 Å². The Bertz CT molecular complexity index is 926. The van der Waals surface area contributed by atoms with E-state index in [1.54, 1.807) is 6.92 Å². The first-order valence-corrected chi connectivity index (χ1v) is 10.1. The second-order valence-electron chi connectivity index (χ2n) is 8.00. The van der Waals surface area contributed by atoms with Crippen LogP contribution in [0.1, 0.15) is 55.1 Å². The minimum Gasteiger partial charge on any atom is -0.454 e. The van der Waals surface area contributed by atoms with Crippen LogP contribution >= 0.6 is 0 Å². The standard InChI is InChI=1S/C22H26N2O4/c1-13-20(17-9-5-6-10-18(17)23-13)21(26)14(2)28-22(27)15-11-19(25)24(12-15)16-7-3-4-8-16/h5-6,9-10,14-16,23H,3-4,7-8,11-12H2,1-2H3/t14-,15-/m0/s1. The van der Waals surface area contributed by atoms with Gasteiger partial charge in [0.2, 0.25) is 11.7 Å². The van der Waals surface area contributed by atoms with Gasteiger partial charge in [-0.25, -0.2) is 0 Å². The summed E-state index contributed by atoms with van der Waals surface area (Å²) in [5.74, 6) is -1.12. The van der Waals surface area contributed by atoms with Crippen molar-refractivity contribution in [1.29, 1.82) is 0 Å². The Balaban J connectivity index is 1.43. The predicted octanol–water partition coefficient (Wildman–Crippen LogP) is 3.38. The molecule has 1 N–H and O–H groups in total. The van der Waals surface area contributed by atoms with E-state index in [1.807, 2.05) is 36.1 Å². The molecule has 2 fully saturated rings. The predicted molar refractivity (Wildman–Crippen MR) is 105 cm³/mol. The Morgan fingerprint density at radius 3 is 2.68 bits per heavy atom. The highest BCUT2D eigenvalue weighted by atomic mass is 16.5. The van der Waals surface area contributed by atoms with Crippen LogP contribution in [-0.4, -0.2) is 46.2 Å². The fourth-order valence-electron chi connectivity index (χ4n) is 4.58. The number of ether oxygens (including phenoxy) is 1. The fraction of sp³-hybridized carbons (Fsp3) is 0.500. The van der Waals surface area contributed by atoms with Gasteiger partial charge in [0.05, 0.1) is 5.92 Å². The number of hydrogen-bond acceptors (Lipinski definition) is 4. The number of amides is 1. The molecule has 1 aromatic heterocycles. The van der Waals surface area contributed by atoms with Gasteiger partial charge in [-0.2, -0.15) is 0 Å². The van der Waals surface area contributed by atoms with Crippen molar-refractivity contribution < 1.29 is 19.1 Å². The number of nitrogens with one attached hydrogen (secondary N) is 1. The van der Waals surface area contributed by atoms with Gasteiger partial charge in [0.25, 0.3) is 0 Å². The van der Waals surface area contributed by atoms with E-state index in [-0.39, 0.29) is 24.2 Å². The van der Waals surface area contributed by atoms with E-state index >= 15 is 0 Å². The maximum Gasteiger partial charge on any atom is 0.311 e. The molecule has 0 radical (unpaired) electrons. The number of hydrogen-bond donors (Lipinski definition) is 1. The first-order chi connectivity index (χ1) is 13.5. The molecule has 28 heavy (non-hydrogen) atoms. The molecule has 0 unspecified atom stereocenters. The summed E-state index contributed by atoms with van der Waals surface area (Å²) in [5, 5.41) is 0.830. The fourth-order valence-corrected chi connectivity index (χ4v) is 4.58. The molecule has 0 spiro atoms. The highest BCUT2D eigenvalue weighted by molar-refractivity contribution is 6.11. The van der Waals surface area contributed by atoms with Crippen LogP contribution in [-0.2, 0) is 14.3 Å². The zero-order valence-electron chi connectivity index (χ0n) is 16.4. The largest absolute Gasteiger partial charge is 0.454 e. The number of Topliss-reactive ketones (excluding diaryl/α,β-unsaturated/α-hetero) is 1. The molecule has 1 amide bonds. The lowest BCUT2D eigenvalue weighted by Gasteiger charge is -2.24. The van der Waals surface area contributed by atoms with Gasteiger partial charge in [-0.1, -0.05) is 31.0 Å². The average Bonchev–Trinajstić information content (AvgIpc) is 3.38. The quantitative estimate of drug-likeness (QED) is 0.635. The van der Waals surface area contributed by atoms with E-state index in [4.69, 9.17) is 4.74 Å². The molecule has 2 aromatic rings. The average molecular weight is 382 g/mol. The number of H-pyrrole nitrogens is 1. The number of benzene rings is 1. The van der Waals surface area contributed by atoms with Crippen molar-refractivity contribution in [2.75, 3.05) is 6.54 Å². The smallest absolute Gasteiger partial charge is 0.311 e. The molecule has 2 aliphatic rings. The van der Waals surface area contributed by atoms with Crippen LogP contribution in [0.3, 0.4) is 0 Å². The third-order valence-corrected chi connectivity index (χ3v) is 6.06. The van der Waals surface area contributed by atoms with Crippen molar-refractivity contribution in [3.8, 4) is 0 Å². The van der Waals surface area contributed by atoms with E-state index in [0.29, 0.717) is 12.1 Å². The third-order valence-electron chi connectivity index (χ3n) is 6.06. The van der Waals surface area contributed by atoms with Gasteiger partial charge in [-0.3, -0.25) is 14.4 Å². The Kier molecular flexibility index (Phi) is 4.96. The number of carbonyl (C=O) groups is 3. The lowest BCUT2D eigenvalue weighted by molar-refractivity contribution is -0.151. The normalized spacial score (nSPS) is 21.4. The summed E-state index contributed by atoms with van der Waals surface area (Å²) < 4.78 is 5.50. The van der Waals surface area contributed by atoms with Gasteiger partial charge in [0.1, 0.15) is 0 Å². The van der Waals surface area contributed by atoms with Gasteiger partial charge in [-0.15, -0.1) is 0 Å². The first kappa shape index (κ1) is 18.7. The molecule has 1 aliphatic heterocycles. The van der Waals surface area contributed by atoms with Gasteiger partial charge < -0.3 is 14.6 Å². The number of fused-ring (bicyclic) bond motifs is 1. The van der Waals surface area contributed by atoms with E-state index in [1.165, 1.54) is 0 Å². The Morgan fingerprint density at radius 1 is 1.21 bits per heavy atom. The highest BCUT2D eigenvalue weighted by Gasteiger charge is 2.40.